The highest BCUT2D eigenvalue weighted by atomic mass is 35.5. The Hall–Kier alpha value is -2.08. The minimum atomic E-state index is -1.02. The Morgan fingerprint density at radius 1 is 1.43 bits per heavy atom. The van der Waals surface area contributed by atoms with E-state index in [-0.39, 0.29) is 12.3 Å². The number of rotatable bonds is 6. The maximum Gasteiger partial charge on any atom is 0.326 e. The molecule has 1 atom stereocenters. The van der Waals surface area contributed by atoms with E-state index in [0.29, 0.717) is 29.2 Å². The summed E-state index contributed by atoms with van der Waals surface area (Å²) in [5, 5.41) is 12.1. The van der Waals surface area contributed by atoms with Crippen molar-refractivity contribution < 1.29 is 14.7 Å². The van der Waals surface area contributed by atoms with E-state index >= 15 is 0 Å². The van der Waals surface area contributed by atoms with Gasteiger partial charge in [0.05, 0.1) is 17.1 Å². The summed E-state index contributed by atoms with van der Waals surface area (Å²) in [4.78, 5) is 27.2. The lowest BCUT2D eigenvalue weighted by molar-refractivity contribution is -0.141. The van der Waals surface area contributed by atoms with Crippen LogP contribution < -0.4 is 5.32 Å². The highest BCUT2D eigenvalue weighted by molar-refractivity contribution is 6.30. The van der Waals surface area contributed by atoms with Gasteiger partial charge in [-0.3, -0.25) is 4.79 Å². The molecule has 0 fully saturated rings. The molecule has 1 amide bonds. The second kappa shape index (κ2) is 6.58. The van der Waals surface area contributed by atoms with Gasteiger partial charge in [0.25, 0.3) is 0 Å². The highest BCUT2D eigenvalue weighted by Crippen LogP contribution is 2.12. The molecule has 2 heterocycles. The number of nitrogens with zero attached hydrogens (tertiary/aromatic N) is 2. The first kappa shape index (κ1) is 15.3. The van der Waals surface area contributed by atoms with Crippen molar-refractivity contribution in [3.8, 4) is 0 Å². The van der Waals surface area contributed by atoms with E-state index in [1.807, 2.05) is 6.92 Å². The average molecular weight is 310 g/mol. The number of carboxylic acid groups (broad SMARTS) is 1. The first-order chi connectivity index (χ1) is 9.99. The Kier molecular flexibility index (Phi) is 4.80. The van der Waals surface area contributed by atoms with E-state index < -0.39 is 12.0 Å². The first-order valence-electron chi connectivity index (χ1n) is 6.65. The van der Waals surface area contributed by atoms with Gasteiger partial charge in [-0.1, -0.05) is 24.9 Å². The van der Waals surface area contributed by atoms with E-state index in [9.17, 15) is 9.59 Å². The zero-order valence-electron chi connectivity index (χ0n) is 11.5. The number of halogens is 1. The van der Waals surface area contributed by atoms with Crippen LogP contribution in [0.25, 0.3) is 5.65 Å². The molecule has 6 nitrogen and oxygen atoms in total. The van der Waals surface area contributed by atoms with Crippen molar-refractivity contribution in [2.75, 3.05) is 0 Å². The lowest BCUT2D eigenvalue weighted by atomic mass is 10.1. The van der Waals surface area contributed by atoms with Gasteiger partial charge in [-0.05, 0) is 18.6 Å². The van der Waals surface area contributed by atoms with Gasteiger partial charge in [0.2, 0.25) is 5.91 Å². The molecule has 112 valence electrons. The van der Waals surface area contributed by atoms with E-state index in [0.717, 1.165) is 0 Å². The number of hydrogen-bond acceptors (Lipinski definition) is 3. The maximum absolute atomic E-state index is 11.9. The van der Waals surface area contributed by atoms with Crippen molar-refractivity contribution in [2.24, 2.45) is 0 Å². The minimum absolute atomic E-state index is 0.0345. The molecular weight excluding hydrogens is 294 g/mol. The van der Waals surface area contributed by atoms with Crippen LogP contribution in [-0.4, -0.2) is 32.4 Å². The molecule has 0 aliphatic carbocycles. The molecule has 2 aromatic rings. The summed E-state index contributed by atoms with van der Waals surface area (Å²) < 4.78 is 1.73. The summed E-state index contributed by atoms with van der Waals surface area (Å²) in [6, 6.07) is 2.62. The minimum Gasteiger partial charge on any atom is -0.480 e. The van der Waals surface area contributed by atoms with Crippen LogP contribution in [0.3, 0.4) is 0 Å². The van der Waals surface area contributed by atoms with Crippen molar-refractivity contribution in [2.45, 2.75) is 32.2 Å². The summed E-state index contributed by atoms with van der Waals surface area (Å²) >= 11 is 5.88. The number of amides is 1. The van der Waals surface area contributed by atoms with Crippen LogP contribution in [0.2, 0.25) is 5.02 Å². The smallest absolute Gasteiger partial charge is 0.326 e. The molecule has 0 aromatic carbocycles. The van der Waals surface area contributed by atoms with Crippen LogP contribution in [0.15, 0.2) is 24.5 Å². The van der Waals surface area contributed by atoms with Gasteiger partial charge >= 0.3 is 5.97 Å². The monoisotopic (exact) mass is 309 g/mol. The lowest BCUT2D eigenvalue weighted by Gasteiger charge is -2.12. The van der Waals surface area contributed by atoms with Crippen LogP contribution in [0.1, 0.15) is 25.5 Å². The molecule has 1 unspecified atom stereocenters. The number of pyridine rings is 1. The Morgan fingerprint density at radius 2 is 2.19 bits per heavy atom. The number of carbonyl (C=O) groups is 2. The summed E-state index contributed by atoms with van der Waals surface area (Å²) in [5.41, 5.74) is 1.25. The van der Waals surface area contributed by atoms with Crippen LogP contribution >= 0.6 is 11.6 Å². The molecule has 0 bridgehead atoms. The molecule has 0 aliphatic rings. The third kappa shape index (κ3) is 3.95. The largest absolute Gasteiger partial charge is 0.480 e. The van der Waals surface area contributed by atoms with Gasteiger partial charge in [-0.25, -0.2) is 9.78 Å². The van der Waals surface area contributed by atoms with Gasteiger partial charge in [-0.2, -0.15) is 0 Å². The molecular formula is C14H16ClN3O3. The fourth-order valence-electron chi connectivity index (χ4n) is 2.06. The van der Waals surface area contributed by atoms with E-state index in [2.05, 4.69) is 10.3 Å². The number of aromatic nitrogens is 2. The predicted octanol–water partition coefficient (Wildman–Crippen LogP) is 1.90. The molecule has 2 N–H and O–H groups in total. The third-order valence-electron chi connectivity index (χ3n) is 3.02. The quantitative estimate of drug-likeness (QED) is 0.853. The van der Waals surface area contributed by atoms with Crippen LogP contribution in [0.4, 0.5) is 0 Å². The second-order valence-corrected chi connectivity index (χ2v) is 5.21. The first-order valence-corrected chi connectivity index (χ1v) is 7.02. The normalized spacial score (nSPS) is 12.3. The molecule has 0 radical (unpaired) electrons. The molecule has 2 rings (SSSR count). The SMILES string of the molecule is CCCC(NC(=O)Cc1cn2cc(Cl)ccc2n1)C(=O)O. The van der Waals surface area contributed by atoms with E-state index in [1.165, 1.54) is 0 Å². The number of carbonyl (C=O) groups excluding carboxylic acids is 1. The molecule has 0 saturated heterocycles. The zero-order valence-corrected chi connectivity index (χ0v) is 12.3. The molecule has 7 heteroatoms. The van der Waals surface area contributed by atoms with Crippen molar-refractivity contribution in [3.05, 3.63) is 35.2 Å². The summed E-state index contributed by atoms with van der Waals surface area (Å²) in [7, 11) is 0. The third-order valence-corrected chi connectivity index (χ3v) is 3.24. The zero-order chi connectivity index (χ0) is 15.4. The second-order valence-electron chi connectivity index (χ2n) is 4.77. The number of imidazole rings is 1. The van der Waals surface area contributed by atoms with Crippen LogP contribution in [-0.2, 0) is 16.0 Å². The Labute approximate surface area is 126 Å². The molecule has 0 saturated carbocycles. The molecule has 0 aliphatic heterocycles. The molecule has 0 spiro atoms. The number of fused-ring (bicyclic) bond motifs is 1. The fourth-order valence-corrected chi connectivity index (χ4v) is 2.23. The van der Waals surface area contributed by atoms with Gasteiger partial charge in [-0.15, -0.1) is 0 Å². The Balaban J connectivity index is 2.05. The number of nitrogens with one attached hydrogen (secondary N) is 1. The average Bonchev–Trinajstić information content (AvgIpc) is 2.79. The fraction of sp³-hybridized carbons (Fsp3) is 0.357. The van der Waals surface area contributed by atoms with E-state index in [4.69, 9.17) is 16.7 Å². The Morgan fingerprint density at radius 3 is 2.86 bits per heavy atom. The number of carboxylic acids is 1. The number of aliphatic carboxylic acids is 1. The molecule has 2 aromatic heterocycles. The maximum atomic E-state index is 11.9. The van der Waals surface area contributed by atoms with Gasteiger partial charge < -0.3 is 14.8 Å². The van der Waals surface area contributed by atoms with Crippen LogP contribution in [0, 0.1) is 0 Å². The number of hydrogen-bond donors (Lipinski definition) is 2. The van der Waals surface area contributed by atoms with Crippen molar-refractivity contribution >= 4 is 29.1 Å². The van der Waals surface area contributed by atoms with Crippen LogP contribution in [0.5, 0.6) is 0 Å². The van der Waals surface area contributed by atoms with Gasteiger partial charge in [0.15, 0.2) is 0 Å². The van der Waals surface area contributed by atoms with Crippen molar-refractivity contribution in [1.82, 2.24) is 14.7 Å². The Bertz CT molecular complexity index is 669. The standard InChI is InChI=1S/C14H16ClN3O3/c1-2-3-11(14(20)21)17-13(19)6-10-8-18-7-9(15)4-5-12(18)16-10/h4-5,7-8,11H,2-3,6H2,1H3,(H,17,19)(H,20,21). The van der Waals surface area contributed by atoms with Gasteiger partial charge in [0, 0.05) is 12.4 Å². The summed E-state index contributed by atoms with van der Waals surface area (Å²) in [6.45, 7) is 1.87. The topological polar surface area (TPSA) is 83.7 Å². The summed E-state index contributed by atoms with van der Waals surface area (Å²) in [6.07, 6.45) is 4.53. The van der Waals surface area contributed by atoms with Crippen molar-refractivity contribution in [1.29, 1.82) is 0 Å². The molecule has 21 heavy (non-hydrogen) atoms. The van der Waals surface area contributed by atoms with Gasteiger partial charge in [0.1, 0.15) is 11.7 Å². The predicted molar refractivity (Wildman–Crippen MR) is 78.4 cm³/mol. The lowest BCUT2D eigenvalue weighted by Crippen LogP contribution is -2.41. The van der Waals surface area contributed by atoms with Crippen molar-refractivity contribution in [3.63, 3.8) is 0 Å². The summed E-state index contributed by atoms with van der Waals surface area (Å²) in [5.74, 6) is -1.38. The highest BCUT2D eigenvalue weighted by Gasteiger charge is 2.19. The van der Waals surface area contributed by atoms with E-state index in [1.54, 1.807) is 28.9 Å².